The van der Waals surface area contributed by atoms with E-state index >= 15 is 0 Å². The topological polar surface area (TPSA) is 123 Å². The van der Waals surface area contributed by atoms with E-state index < -0.39 is 0 Å². The second-order valence-electron chi connectivity index (χ2n) is 5.68. The number of anilines is 3. The molecule has 0 spiro atoms. The van der Waals surface area contributed by atoms with Crippen molar-refractivity contribution in [1.82, 2.24) is 10.3 Å². The van der Waals surface area contributed by atoms with E-state index in [2.05, 4.69) is 10.3 Å². The average molecular weight is 299 g/mol. The van der Waals surface area contributed by atoms with Crippen LogP contribution in [-0.2, 0) is 0 Å². The Morgan fingerprint density at radius 2 is 2.05 bits per heavy atom. The van der Waals surface area contributed by atoms with Crippen LogP contribution >= 0.6 is 0 Å². The molecule has 0 aliphatic carbocycles. The summed E-state index contributed by atoms with van der Waals surface area (Å²) in [6.45, 7) is 1.89. The third kappa shape index (κ3) is 2.53. The van der Waals surface area contributed by atoms with Crippen molar-refractivity contribution in [3.63, 3.8) is 0 Å². The van der Waals surface area contributed by atoms with E-state index in [4.69, 9.17) is 17.2 Å². The minimum Gasteiger partial charge on any atom is -0.507 e. The van der Waals surface area contributed by atoms with E-state index in [-0.39, 0.29) is 11.6 Å². The molecule has 22 heavy (non-hydrogen) atoms. The van der Waals surface area contributed by atoms with Crippen LogP contribution in [0.3, 0.4) is 0 Å². The van der Waals surface area contributed by atoms with E-state index in [0.29, 0.717) is 28.6 Å². The third-order valence-corrected chi connectivity index (χ3v) is 4.19. The van der Waals surface area contributed by atoms with Gasteiger partial charge in [0.05, 0.1) is 16.9 Å². The summed E-state index contributed by atoms with van der Waals surface area (Å²) in [4.78, 5) is 4.31. The zero-order chi connectivity index (χ0) is 15.7. The van der Waals surface area contributed by atoms with Crippen molar-refractivity contribution in [3.05, 3.63) is 29.8 Å². The molecule has 1 aliphatic rings. The normalized spacial score (nSPS) is 18.3. The lowest BCUT2D eigenvalue weighted by Gasteiger charge is -2.25. The first-order chi connectivity index (χ1) is 10.6. The highest BCUT2D eigenvalue weighted by molar-refractivity contribution is 5.82. The molecule has 2 heterocycles. The molecule has 1 aromatic carbocycles. The van der Waals surface area contributed by atoms with E-state index in [1.54, 1.807) is 18.2 Å². The number of pyridine rings is 1. The molecule has 1 fully saturated rings. The number of nitrogens with two attached hydrogens (primary N) is 3. The highest BCUT2D eigenvalue weighted by atomic mass is 16.3. The number of phenols is 1. The van der Waals surface area contributed by atoms with Gasteiger partial charge in [-0.15, -0.1) is 0 Å². The standard InChI is InChI=1S/C16H21N5O/c17-11-4-1-5-13(22)14(11)12-7-10(15(18)16(19)21-12)9-3-2-6-20-8-9/h1,4-5,7,9,20,22H,2-3,6,8,17-18H2,(H2,19,21). The predicted molar refractivity (Wildman–Crippen MR) is 89.4 cm³/mol. The van der Waals surface area contributed by atoms with E-state index in [9.17, 15) is 5.11 Å². The highest BCUT2D eigenvalue weighted by Crippen LogP contribution is 2.38. The smallest absolute Gasteiger partial charge is 0.147 e. The molecule has 0 amide bonds. The molecule has 116 valence electrons. The molecule has 8 N–H and O–H groups in total. The molecule has 0 bridgehead atoms. The maximum atomic E-state index is 10.1. The van der Waals surface area contributed by atoms with Crippen molar-refractivity contribution in [3.8, 4) is 17.0 Å². The van der Waals surface area contributed by atoms with Gasteiger partial charge in [-0.1, -0.05) is 6.07 Å². The van der Waals surface area contributed by atoms with Gasteiger partial charge < -0.3 is 27.6 Å². The molecule has 3 rings (SSSR count). The molecule has 1 saturated heterocycles. The first-order valence-electron chi connectivity index (χ1n) is 7.42. The Hall–Kier alpha value is -2.47. The van der Waals surface area contributed by atoms with Gasteiger partial charge in [-0.25, -0.2) is 4.98 Å². The van der Waals surface area contributed by atoms with Gasteiger partial charge in [0.15, 0.2) is 0 Å². The molecule has 1 aliphatic heterocycles. The Morgan fingerprint density at radius 3 is 2.73 bits per heavy atom. The lowest BCUT2D eigenvalue weighted by atomic mass is 9.89. The number of nitrogens with one attached hydrogen (secondary N) is 1. The summed E-state index contributed by atoms with van der Waals surface area (Å²) >= 11 is 0. The molecule has 0 radical (unpaired) electrons. The van der Waals surface area contributed by atoms with Gasteiger partial charge in [0.25, 0.3) is 0 Å². The molecule has 6 nitrogen and oxygen atoms in total. The maximum absolute atomic E-state index is 10.1. The van der Waals surface area contributed by atoms with Crippen molar-refractivity contribution in [2.45, 2.75) is 18.8 Å². The minimum absolute atomic E-state index is 0.0874. The Balaban J connectivity index is 2.12. The summed E-state index contributed by atoms with van der Waals surface area (Å²) in [7, 11) is 0. The Morgan fingerprint density at radius 1 is 1.23 bits per heavy atom. The van der Waals surface area contributed by atoms with Crippen molar-refractivity contribution in [1.29, 1.82) is 0 Å². The largest absolute Gasteiger partial charge is 0.507 e. The fraction of sp³-hybridized carbons (Fsp3) is 0.312. The number of nitrogens with zero attached hydrogens (tertiary/aromatic N) is 1. The van der Waals surface area contributed by atoms with Gasteiger partial charge >= 0.3 is 0 Å². The number of nitrogen functional groups attached to an aromatic ring is 3. The van der Waals surface area contributed by atoms with Crippen molar-refractivity contribution >= 4 is 17.2 Å². The van der Waals surface area contributed by atoms with Gasteiger partial charge in [-0.3, -0.25) is 0 Å². The van der Waals surface area contributed by atoms with Crippen LogP contribution in [-0.4, -0.2) is 23.2 Å². The SMILES string of the molecule is Nc1cccc(O)c1-c1cc(C2CCCNC2)c(N)c(N)n1. The maximum Gasteiger partial charge on any atom is 0.147 e. The van der Waals surface area contributed by atoms with Crippen LogP contribution in [0, 0.1) is 0 Å². The second kappa shape index (κ2) is 5.73. The first-order valence-corrected chi connectivity index (χ1v) is 7.42. The zero-order valence-electron chi connectivity index (χ0n) is 12.3. The lowest BCUT2D eigenvalue weighted by molar-refractivity contribution is 0.462. The summed E-state index contributed by atoms with van der Waals surface area (Å²) in [5, 5.41) is 13.5. The van der Waals surface area contributed by atoms with E-state index in [1.165, 1.54) is 0 Å². The van der Waals surface area contributed by atoms with Crippen molar-refractivity contribution in [2.24, 2.45) is 0 Å². The van der Waals surface area contributed by atoms with Crippen LogP contribution in [0.25, 0.3) is 11.3 Å². The fourth-order valence-corrected chi connectivity index (χ4v) is 3.01. The van der Waals surface area contributed by atoms with Gasteiger partial charge in [0, 0.05) is 12.2 Å². The Labute approximate surface area is 129 Å². The summed E-state index contributed by atoms with van der Waals surface area (Å²) in [5.41, 5.74) is 21.1. The first kappa shape index (κ1) is 14.5. The van der Waals surface area contributed by atoms with Gasteiger partial charge in [0.2, 0.25) is 0 Å². The van der Waals surface area contributed by atoms with Crippen LogP contribution in [0.1, 0.15) is 24.3 Å². The van der Waals surface area contributed by atoms with Crippen molar-refractivity contribution < 1.29 is 5.11 Å². The second-order valence-corrected chi connectivity index (χ2v) is 5.68. The zero-order valence-corrected chi connectivity index (χ0v) is 12.3. The number of benzene rings is 1. The lowest BCUT2D eigenvalue weighted by Crippen LogP contribution is -2.29. The molecule has 1 unspecified atom stereocenters. The number of hydrogen-bond acceptors (Lipinski definition) is 6. The molecule has 1 aromatic heterocycles. The number of aromatic hydroxyl groups is 1. The quantitative estimate of drug-likeness (QED) is 0.537. The van der Waals surface area contributed by atoms with E-state index in [0.717, 1.165) is 31.5 Å². The molecule has 6 heteroatoms. The fourth-order valence-electron chi connectivity index (χ4n) is 3.01. The monoisotopic (exact) mass is 299 g/mol. The third-order valence-electron chi connectivity index (χ3n) is 4.19. The van der Waals surface area contributed by atoms with E-state index in [1.807, 2.05) is 6.07 Å². The van der Waals surface area contributed by atoms with Crippen LogP contribution in [0.5, 0.6) is 5.75 Å². The molecular formula is C16H21N5O. The summed E-state index contributed by atoms with van der Waals surface area (Å²) < 4.78 is 0. The number of hydrogen-bond donors (Lipinski definition) is 5. The molecule has 0 saturated carbocycles. The van der Waals surface area contributed by atoms with Crippen LogP contribution in [0.15, 0.2) is 24.3 Å². The number of aromatic nitrogens is 1. The van der Waals surface area contributed by atoms with Crippen LogP contribution < -0.4 is 22.5 Å². The van der Waals surface area contributed by atoms with Gasteiger partial charge in [0.1, 0.15) is 11.6 Å². The summed E-state index contributed by atoms with van der Waals surface area (Å²) in [6, 6.07) is 6.91. The van der Waals surface area contributed by atoms with Gasteiger partial charge in [-0.2, -0.15) is 0 Å². The molecule has 2 aromatic rings. The Bertz CT molecular complexity index is 675. The number of phenolic OH excluding ortho intramolecular Hbond substituents is 1. The summed E-state index contributed by atoms with van der Waals surface area (Å²) in [5.74, 6) is 0.662. The highest BCUT2D eigenvalue weighted by Gasteiger charge is 2.21. The van der Waals surface area contributed by atoms with Crippen molar-refractivity contribution in [2.75, 3.05) is 30.3 Å². The van der Waals surface area contributed by atoms with Gasteiger partial charge in [-0.05, 0) is 49.1 Å². The number of piperidine rings is 1. The summed E-state index contributed by atoms with van der Waals surface area (Å²) in [6.07, 6.45) is 2.15. The minimum atomic E-state index is 0.0874. The van der Waals surface area contributed by atoms with Crippen LogP contribution in [0.4, 0.5) is 17.2 Å². The Kier molecular flexibility index (Phi) is 3.77. The average Bonchev–Trinajstić information content (AvgIpc) is 2.51. The molecule has 1 atom stereocenters. The predicted octanol–water partition coefficient (Wildman–Crippen LogP) is 1.67. The molecular weight excluding hydrogens is 278 g/mol. The number of rotatable bonds is 2. The van der Waals surface area contributed by atoms with Crippen LogP contribution in [0.2, 0.25) is 0 Å².